The molecule has 0 saturated heterocycles. The average Bonchev–Trinajstić information content (AvgIpc) is 2.37. The van der Waals surface area contributed by atoms with Gasteiger partial charge in [0, 0.05) is 18.5 Å². The van der Waals surface area contributed by atoms with Crippen molar-refractivity contribution >= 4 is 11.6 Å². The number of nitrogens with zero attached hydrogens (tertiary/aromatic N) is 3. The number of likely N-dealkylation sites (N-methyl/N-ethyl adjacent to an activating group) is 1. The van der Waals surface area contributed by atoms with Crippen LogP contribution >= 0.6 is 0 Å². The van der Waals surface area contributed by atoms with Gasteiger partial charge in [0.25, 0.3) is 0 Å². The van der Waals surface area contributed by atoms with E-state index in [0.29, 0.717) is 5.82 Å². The maximum absolute atomic E-state index is 10.2. The summed E-state index contributed by atoms with van der Waals surface area (Å²) in [5, 5.41) is 10.2. The van der Waals surface area contributed by atoms with Gasteiger partial charge in [-0.2, -0.15) is 0 Å². The van der Waals surface area contributed by atoms with E-state index in [9.17, 15) is 5.11 Å². The second-order valence-corrected chi connectivity index (χ2v) is 6.75. The molecule has 2 unspecified atom stereocenters. The molecule has 1 aromatic heterocycles. The summed E-state index contributed by atoms with van der Waals surface area (Å²) < 4.78 is 0. The maximum Gasteiger partial charge on any atom is 0.138 e. The van der Waals surface area contributed by atoms with Gasteiger partial charge in [-0.15, -0.1) is 0 Å². The highest BCUT2D eigenvalue weighted by Gasteiger charge is 2.28. The second-order valence-electron chi connectivity index (χ2n) is 6.75. The molecule has 2 atom stereocenters. The van der Waals surface area contributed by atoms with Crippen LogP contribution in [-0.2, 0) is 5.41 Å². The van der Waals surface area contributed by atoms with Crippen LogP contribution in [0.25, 0.3) is 0 Å². The third-order valence-corrected chi connectivity index (χ3v) is 3.96. The van der Waals surface area contributed by atoms with Crippen molar-refractivity contribution < 1.29 is 5.11 Å². The molecule has 0 aromatic carbocycles. The lowest BCUT2D eigenvalue weighted by Gasteiger charge is -2.36. The van der Waals surface area contributed by atoms with Crippen LogP contribution in [0.15, 0.2) is 6.07 Å². The maximum atomic E-state index is 10.2. The Morgan fingerprint density at radius 1 is 1.25 bits per heavy atom. The molecule has 20 heavy (non-hydrogen) atoms. The van der Waals surface area contributed by atoms with Crippen LogP contribution in [0.4, 0.5) is 11.6 Å². The molecule has 1 heterocycles. The first-order valence-electron chi connectivity index (χ1n) is 7.35. The Balaban J connectivity index is 2.29. The van der Waals surface area contributed by atoms with Crippen molar-refractivity contribution in [2.24, 2.45) is 0 Å². The van der Waals surface area contributed by atoms with Crippen molar-refractivity contribution in [3.63, 3.8) is 0 Å². The van der Waals surface area contributed by atoms with E-state index >= 15 is 0 Å². The molecule has 112 valence electrons. The summed E-state index contributed by atoms with van der Waals surface area (Å²) in [5.41, 5.74) is 5.78. The van der Waals surface area contributed by atoms with Crippen molar-refractivity contribution in [2.45, 2.75) is 64.0 Å². The summed E-state index contributed by atoms with van der Waals surface area (Å²) in [7, 11) is 1.98. The normalized spacial score (nSPS) is 23.6. The molecule has 5 nitrogen and oxygen atoms in total. The van der Waals surface area contributed by atoms with Crippen molar-refractivity contribution in [3.05, 3.63) is 11.9 Å². The summed E-state index contributed by atoms with van der Waals surface area (Å²) in [6.45, 7) is 6.21. The monoisotopic (exact) mass is 278 g/mol. The van der Waals surface area contributed by atoms with E-state index in [1.165, 1.54) is 0 Å². The van der Waals surface area contributed by atoms with Gasteiger partial charge >= 0.3 is 0 Å². The predicted octanol–water partition coefficient (Wildman–Crippen LogP) is 2.10. The zero-order chi connectivity index (χ0) is 14.9. The number of hydrogen-bond donors (Lipinski definition) is 2. The van der Waals surface area contributed by atoms with Gasteiger partial charge in [0.05, 0.1) is 12.1 Å². The Kier molecular flexibility index (Phi) is 4.18. The zero-order valence-electron chi connectivity index (χ0n) is 12.9. The molecule has 0 bridgehead atoms. The van der Waals surface area contributed by atoms with Crippen LogP contribution in [-0.4, -0.2) is 34.3 Å². The SMILES string of the molecule is CN(c1cc(N)nc(C(C)(C)C)n1)C1CCCCC1O. The molecule has 1 fully saturated rings. The van der Waals surface area contributed by atoms with Gasteiger partial charge in [0.2, 0.25) is 0 Å². The fourth-order valence-electron chi connectivity index (χ4n) is 2.68. The Morgan fingerprint density at radius 3 is 2.50 bits per heavy atom. The minimum atomic E-state index is -0.289. The zero-order valence-corrected chi connectivity index (χ0v) is 12.9. The molecule has 1 aromatic rings. The highest BCUT2D eigenvalue weighted by atomic mass is 16.3. The number of rotatable bonds is 2. The number of anilines is 2. The molecule has 0 radical (unpaired) electrons. The topological polar surface area (TPSA) is 75.3 Å². The molecule has 3 N–H and O–H groups in total. The lowest BCUT2D eigenvalue weighted by Crippen LogP contribution is -2.44. The summed E-state index contributed by atoms with van der Waals surface area (Å²) in [5.74, 6) is 2.02. The molecule has 0 spiro atoms. The standard InChI is InChI=1S/C15H26N4O/c1-15(2,3)14-17-12(16)9-13(18-14)19(4)10-7-5-6-8-11(10)20/h9-11,20H,5-8H2,1-4H3,(H2,16,17,18). The fourth-order valence-corrected chi connectivity index (χ4v) is 2.68. The van der Waals surface area contributed by atoms with Crippen LogP contribution in [0.2, 0.25) is 0 Å². The van der Waals surface area contributed by atoms with E-state index in [1.54, 1.807) is 6.07 Å². The number of aliphatic hydroxyl groups is 1. The highest BCUT2D eigenvalue weighted by Crippen LogP contribution is 2.28. The van der Waals surface area contributed by atoms with Gasteiger partial charge < -0.3 is 15.7 Å². The smallest absolute Gasteiger partial charge is 0.138 e. The largest absolute Gasteiger partial charge is 0.391 e. The predicted molar refractivity (Wildman–Crippen MR) is 81.8 cm³/mol. The molecule has 2 rings (SSSR count). The van der Waals surface area contributed by atoms with Crippen molar-refractivity contribution in [3.8, 4) is 0 Å². The lowest BCUT2D eigenvalue weighted by molar-refractivity contribution is 0.106. The first-order chi connectivity index (χ1) is 9.29. The molecule has 1 aliphatic carbocycles. The average molecular weight is 278 g/mol. The number of aliphatic hydroxyl groups excluding tert-OH is 1. The second kappa shape index (κ2) is 5.56. The Morgan fingerprint density at radius 2 is 1.90 bits per heavy atom. The number of nitrogens with two attached hydrogens (primary N) is 1. The van der Waals surface area contributed by atoms with E-state index in [1.807, 2.05) is 7.05 Å². The van der Waals surface area contributed by atoms with Crippen LogP contribution in [0, 0.1) is 0 Å². The van der Waals surface area contributed by atoms with Gasteiger partial charge in [0.15, 0.2) is 0 Å². The van der Waals surface area contributed by atoms with Crippen molar-refractivity contribution in [1.29, 1.82) is 0 Å². The van der Waals surface area contributed by atoms with E-state index in [-0.39, 0.29) is 17.6 Å². The van der Waals surface area contributed by atoms with Crippen molar-refractivity contribution in [2.75, 3.05) is 17.7 Å². The molecular formula is C15H26N4O. The number of hydrogen-bond acceptors (Lipinski definition) is 5. The van der Waals surface area contributed by atoms with Gasteiger partial charge in [-0.3, -0.25) is 0 Å². The summed E-state index contributed by atoms with van der Waals surface area (Å²) in [6, 6.07) is 1.90. The van der Waals surface area contributed by atoms with Gasteiger partial charge in [-0.25, -0.2) is 9.97 Å². The van der Waals surface area contributed by atoms with Gasteiger partial charge in [-0.1, -0.05) is 33.6 Å². The van der Waals surface area contributed by atoms with Crippen molar-refractivity contribution in [1.82, 2.24) is 9.97 Å². The highest BCUT2D eigenvalue weighted by molar-refractivity contribution is 5.48. The van der Waals surface area contributed by atoms with Crippen LogP contribution < -0.4 is 10.6 Å². The Labute approximate surface area is 121 Å². The van der Waals surface area contributed by atoms with E-state index in [0.717, 1.165) is 37.3 Å². The third kappa shape index (κ3) is 3.20. The van der Waals surface area contributed by atoms with Crippen LogP contribution in [0.5, 0.6) is 0 Å². The fraction of sp³-hybridized carbons (Fsp3) is 0.733. The number of nitrogen functional groups attached to an aromatic ring is 1. The molecule has 1 aliphatic rings. The molecule has 5 heteroatoms. The third-order valence-electron chi connectivity index (χ3n) is 3.96. The molecule has 0 amide bonds. The molecular weight excluding hydrogens is 252 g/mol. The van der Waals surface area contributed by atoms with E-state index in [2.05, 4.69) is 35.6 Å². The summed E-state index contributed by atoms with van der Waals surface area (Å²) in [6.07, 6.45) is 3.82. The molecule has 1 saturated carbocycles. The molecule has 0 aliphatic heterocycles. The first kappa shape index (κ1) is 15.0. The summed E-state index contributed by atoms with van der Waals surface area (Å²) >= 11 is 0. The minimum absolute atomic E-state index is 0.117. The summed E-state index contributed by atoms with van der Waals surface area (Å²) in [4.78, 5) is 11.0. The Hall–Kier alpha value is -1.36. The van der Waals surface area contributed by atoms with Crippen LogP contribution in [0.3, 0.4) is 0 Å². The van der Waals surface area contributed by atoms with E-state index in [4.69, 9.17) is 5.73 Å². The Bertz CT molecular complexity index is 469. The van der Waals surface area contributed by atoms with E-state index < -0.39 is 0 Å². The first-order valence-corrected chi connectivity index (χ1v) is 7.35. The lowest BCUT2D eigenvalue weighted by atomic mass is 9.91. The van der Waals surface area contributed by atoms with Gasteiger partial charge in [0.1, 0.15) is 17.5 Å². The quantitative estimate of drug-likeness (QED) is 0.866. The van der Waals surface area contributed by atoms with Gasteiger partial charge in [-0.05, 0) is 12.8 Å². The minimum Gasteiger partial charge on any atom is -0.391 e. The van der Waals surface area contributed by atoms with Crippen LogP contribution in [0.1, 0.15) is 52.3 Å². The number of aromatic nitrogens is 2.